The predicted octanol–water partition coefficient (Wildman–Crippen LogP) is 2.43. The maximum absolute atomic E-state index is 5.04. The molecule has 1 saturated carbocycles. The van der Waals surface area contributed by atoms with E-state index >= 15 is 0 Å². The highest BCUT2D eigenvalue weighted by atomic mass is 32.2. The van der Waals surface area contributed by atoms with Crippen molar-refractivity contribution in [2.75, 3.05) is 12.3 Å². The van der Waals surface area contributed by atoms with E-state index in [1.807, 2.05) is 17.8 Å². The Morgan fingerprint density at radius 3 is 2.94 bits per heavy atom. The van der Waals surface area contributed by atoms with E-state index in [4.69, 9.17) is 4.52 Å². The van der Waals surface area contributed by atoms with Crippen LogP contribution in [0.4, 0.5) is 0 Å². The van der Waals surface area contributed by atoms with E-state index in [0.717, 1.165) is 17.5 Å². The van der Waals surface area contributed by atoms with Crippen LogP contribution in [-0.2, 0) is 6.54 Å². The molecule has 1 fully saturated rings. The van der Waals surface area contributed by atoms with Crippen LogP contribution >= 0.6 is 11.8 Å². The summed E-state index contributed by atoms with van der Waals surface area (Å²) < 4.78 is 5.04. The van der Waals surface area contributed by atoms with Crippen LogP contribution in [0.3, 0.4) is 0 Å². The van der Waals surface area contributed by atoms with Crippen molar-refractivity contribution in [3.8, 4) is 0 Å². The number of rotatable bonds is 2. The molecule has 4 nitrogen and oxygen atoms in total. The highest BCUT2D eigenvalue weighted by Crippen LogP contribution is 2.43. The van der Waals surface area contributed by atoms with Gasteiger partial charge in [0.15, 0.2) is 10.9 Å². The molecule has 92 valence electrons. The number of nitrogens with one attached hydrogen (secondary N) is 1. The Morgan fingerprint density at radius 2 is 2.29 bits per heavy atom. The van der Waals surface area contributed by atoms with Crippen LogP contribution in [-0.4, -0.2) is 22.6 Å². The molecule has 3 rings (SSSR count). The Labute approximate surface area is 105 Å². The van der Waals surface area contributed by atoms with Crippen molar-refractivity contribution >= 4 is 16.9 Å². The van der Waals surface area contributed by atoms with Gasteiger partial charge in [-0.3, -0.25) is 4.99 Å². The minimum absolute atomic E-state index is 0.516. The number of aliphatic imine (C=N–C) groups is 1. The lowest BCUT2D eigenvalue weighted by atomic mass is 9.89. The highest BCUT2D eigenvalue weighted by Gasteiger charge is 2.36. The predicted molar refractivity (Wildman–Crippen MR) is 69.0 cm³/mol. The molecular formula is C12H17N3OS. The summed E-state index contributed by atoms with van der Waals surface area (Å²) in [6.07, 6.45) is 7.16. The standard InChI is InChI=1S/C12H17N3OS/c1-2-5-12(4-1)8-14-11(17-9-12)13-7-10-3-6-15-16-10/h3,6H,1-2,4-5,7-9H2,(H,13,14). The zero-order chi connectivity index (χ0) is 11.6. The number of hydrogen-bond donors (Lipinski definition) is 1. The molecular weight excluding hydrogens is 234 g/mol. The average Bonchev–Trinajstić information content (AvgIpc) is 3.01. The normalized spacial score (nSPS) is 22.7. The molecule has 0 amide bonds. The molecule has 2 aliphatic rings. The summed E-state index contributed by atoms with van der Waals surface area (Å²) in [7, 11) is 0. The van der Waals surface area contributed by atoms with Gasteiger partial charge in [0.05, 0.1) is 12.7 Å². The zero-order valence-electron chi connectivity index (χ0n) is 9.82. The van der Waals surface area contributed by atoms with Gasteiger partial charge in [-0.25, -0.2) is 0 Å². The Kier molecular flexibility index (Phi) is 3.09. The van der Waals surface area contributed by atoms with Crippen LogP contribution in [0.25, 0.3) is 0 Å². The second-order valence-corrected chi connectivity index (χ2v) is 5.91. The van der Waals surface area contributed by atoms with E-state index in [1.165, 1.54) is 31.4 Å². The molecule has 1 aromatic rings. The van der Waals surface area contributed by atoms with Gasteiger partial charge in [-0.15, -0.1) is 0 Å². The van der Waals surface area contributed by atoms with Crippen molar-refractivity contribution in [3.63, 3.8) is 0 Å². The Hall–Kier alpha value is -0.970. The Bertz CT molecular complexity index is 396. The van der Waals surface area contributed by atoms with Crippen molar-refractivity contribution < 1.29 is 4.52 Å². The highest BCUT2D eigenvalue weighted by molar-refractivity contribution is 8.13. The van der Waals surface area contributed by atoms with Crippen LogP contribution in [0.15, 0.2) is 21.8 Å². The first-order valence-corrected chi connectivity index (χ1v) is 7.16. The summed E-state index contributed by atoms with van der Waals surface area (Å²) in [6, 6.07) is 1.87. The number of amidine groups is 1. The van der Waals surface area contributed by atoms with Gasteiger partial charge in [0, 0.05) is 18.4 Å². The molecule has 0 radical (unpaired) electrons. The lowest BCUT2D eigenvalue weighted by molar-refractivity contribution is 0.357. The van der Waals surface area contributed by atoms with Gasteiger partial charge in [0.25, 0.3) is 0 Å². The monoisotopic (exact) mass is 251 g/mol. The molecule has 0 atom stereocenters. The molecule has 17 heavy (non-hydrogen) atoms. The van der Waals surface area contributed by atoms with Crippen molar-refractivity contribution in [1.29, 1.82) is 0 Å². The van der Waals surface area contributed by atoms with E-state index in [0.29, 0.717) is 12.0 Å². The van der Waals surface area contributed by atoms with E-state index in [2.05, 4.69) is 15.5 Å². The SMILES string of the molecule is c1cc(CNC2=NCC3(CCCC3)CS2)on1. The number of aromatic nitrogens is 1. The van der Waals surface area contributed by atoms with Gasteiger partial charge in [0.2, 0.25) is 0 Å². The summed E-state index contributed by atoms with van der Waals surface area (Å²) in [5.41, 5.74) is 0.516. The second kappa shape index (κ2) is 4.72. The molecule has 0 saturated heterocycles. The minimum Gasteiger partial charge on any atom is -0.360 e. The van der Waals surface area contributed by atoms with Crippen molar-refractivity contribution in [3.05, 3.63) is 18.0 Å². The van der Waals surface area contributed by atoms with Crippen molar-refractivity contribution in [1.82, 2.24) is 10.5 Å². The maximum atomic E-state index is 5.04. The number of nitrogens with zero attached hydrogens (tertiary/aromatic N) is 2. The smallest absolute Gasteiger partial charge is 0.156 e. The van der Waals surface area contributed by atoms with E-state index in [1.54, 1.807) is 6.20 Å². The fourth-order valence-corrected chi connectivity index (χ4v) is 3.74. The van der Waals surface area contributed by atoms with Gasteiger partial charge in [-0.2, -0.15) is 0 Å². The zero-order valence-corrected chi connectivity index (χ0v) is 10.6. The molecule has 0 aromatic carbocycles. The molecule has 1 N–H and O–H groups in total. The fourth-order valence-electron chi connectivity index (χ4n) is 2.58. The van der Waals surface area contributed by atoms with Gasteiger partial charge in [0.1, 0.15) is 0 Å². The van der Waals surface area contributed by atoms with Gasteiger partial charge < -0.3 is 9.84 Å². The van der Waals surface area contributed by atoms with E-state index in [-0.39, 0.29) is 0 Å². The lowest BCUT2D eigenvalue weighted by Crippen LogP contribution is -2.33. The topological polar surface area (TPSA) is 50.4 Å². The fraction of sp³-hybridized carbons (Fsp3) is 0.667. The minimum atomic E-state index is 0.516. The molecule has 0 bridgehead atoms. The summed E-state index contributed by atoms with van der Waals surface area (Å²) in [5, 5.41) is 8.05. The molecule has 1 aliphatic carbocycles. The van der Waals surface area contributed by atoms with Gasteiger partial charge in [-0.05, 0) is 18.3 Å². The van der Waals surface area contributed by atoms with E-state index < -0.39 is 0 Å². The summed E-state index contributed by atoms with van der Waals surface area (Å²) in [4.78, 5) is 4.67. The molecule has 1 spiro atoms. The van der Waals surface area contributed by atoms with Crippen LogP contribution in [0.5, 0.6) is 0 Å². The third-order valence-corrected chi connectivity index (χ3v) is 4.95. The first-order chi connectivity index (χ1) is 8.36. The summed E-state index contributed by atoms with van der Waals surface area (Å²) in [5.74, 6) is 2.07. The maximum Gasteiger partial charge on any atom is 0.156 e. The first-order valence-electron chi connectivity index (χ1n) is 6.17. The Morgan fingerprint density at radius 1 is 1.41 bits per heavy atom. The third-order valence-electron chi connectivity index (χ3n) is 3.64. The molecule has 5 heteroatoms. The molecule has 1 aromatic heterocycles. The summed E-state index contributed by atoms with van der Waals surface area (Å²) >= 11 is 1.86. The largest absolute Gasteiger partial charge is 0.360 e. The van der Waals surface area contributed by atoms with Crippen molar-refractivity contribution in [2.24, 2.45) is 10.4 Å². The van der Waals surface area contributed by atoms with Crippen LogP contribution in [0.1, 0.15) is 31.4 Å². The Balaban J connectivity index is 1.54. The lowest BCUT2D eigenvalue weighted by Gasteiger charge is -2.30. The van der Waals surface area contributed by atoms with Gasteiger partial charge in [-0.1, -0.05) is 29.8 Å². The van der Waals surface area contributed by atoms with Crippen LogP contribution in [0.2, 0.25) is 0 Å². The number of thioether (sulfide) groups is 1. The first kappa shape index (κ1) is 11.1. The number of hydrogen-bond acceptors (Lipinski definition) is 5. The van der Waals surface area contributed by atoms with Crippen molar-refractivity contribution in [2.45, 2.75) is 32.2 Å². The van der Waals surface area contributed by atoms with E-state index in [9.17, 15) is 0 Å². The molecule has 1 aliphatic heterocycles. The summed E-state index contributed by atoms with van der Waals surface area (Å²) in [6.45, 7) is 1.68. The third kappa shape index (κ3) is 2.49. The van der Waals surface area contributed by atoms with Crippen LogP contribution in [0, 0.1) is 5.41 Å². The van der Waals surface area contributed by atoms with Crippen LogP contribution < -0.4 is 5.32 Å². The second-order valence-electron chi connectivity index (χ2n) is 4.95. The van der Waals surface area contributed by atoms with Gasteiger partial charge >= 0.3 is 0 Å². The quantitative estimate of drug-likeness (QED) is 0.877. The molecule has 0 unspecified atom stereocenters. The average molecular weight is 251 g/mol. The molecule has 2 heterocycles.